The van der Waals surface area contributed by atoms with Crippen molar-refractivity contribution in [3.63, 3.8) is 0 Å². The Morgan fingerprint density at radius 2 is 1.79 bits per heavy atom. The van der Waals surface area contributed by atoms with Gasteiger partial charge in [-0.2, -0.15) is 0 Å². The van der Waals surface area contributed by atoms with E-state index in [1.54, 1.807) is 27.7 Å². The van der Waals surface area contributed by atoms with Crippen molar-refractivity contribution in [2.24, 2.45) is 0 Å². The number of hydrogen-bond donors (Lipinski definition) is 1. The van der Waals surface area contributed by atoms with Crippen LogP contribution in [0.3, 0.4) is 0 Å². The predicted octanol–water partition coefficient (Wildman–Crippen LogP) is 1.57. The second kappa shape index (κ2) is 5.59. The molecule has 0 aromatic heterocycles. The molecule has 0 aromatic rings. The first-order chi connectivity index (χ1) is 8.68. The predicted molar refractivity (Wildman–Crippen MR) is 67.6 cm³/mol. The van der Waals surface area contributed by atoms with Crippen LogP contribution in [0.25, 0.3) is 0 Å². The number of nitrogens with one attached hydrogen (secondary N) is 1. The maximum absolute atomic E-state index is 11.9. The van der Waals surface area contributed by atoms with Gasteiger partial charge in [0, 0.05) is 0 Å². The Balaban J connectivity index is 2.50. The summed E-state index contributed by atoms with van der Waals surface area (Å²) in [5.41, 5.74) is -1.56. The number of alkyl carbamates (subject to hydrolysis) is 1. The Morgan fingerprint density at radius 3 is 2.21 bits per heavy atom. The number of carbonyl (C=O) groups is 3. The van der Waals surface area contributed by atoms with Crippen LogP contribution in [0.5, 0.6) is 0 Å². The third-order valence-electron chi connectivity index (χ3n) is 2.63. The van der Waals surface area contributed by atoms with Crippen molar-refractivity contribution in [1.29, 1.82) is 0 Å². The molecule has 19 heavy (non-hydrogen) atoms. The Bertz CT molecular complexity index is 379. The summed E-state index contributed by atoms with van der Waals surface area (Å²) in [5.74, 6) is -0.887. The fourth-order valence-electron chi connectivity index (χ4n) is 1.61. The SMILES string of the molecule is CCOC(=O)CC(=O)C1(NC(=O)OC(C)(C)C)CC1. The van der Waals surface area contributed by atoms with Crippen molar-refractivity contribution in [1.82, 2.24) is 5.32 Å². The Morgan fingerprint density at radius 1 is 1.21 bits per heavy atom. The molecular formula is C13H21NO5. The summed E-state index contributed by atoms with van der Waals surface area (Å²) in [7, 11) is 0. The van der Waals surface area contributed by atoms with Gasteiger partial charge in [0.25, 0.3) is 0 Å². The van der Waals surface area contributed by atoms with Gasteiger partial charge < -0.3 is 14.8 Å². The summed E-state index contributed by atoms with van der Waals surface area (Å²) in [5, 5.41) is 2.55. The molecule has 0 spiro atoms. The fourth-order valence-corrected chi connectivity index (χ4v) is 1.61. The number of carbonyl (C=O) groups excluding carboxylic acids is 3. The summed E-state index contributed by atoms with van der Waals surface area (Å²) in [4.78, 5) is 34.8. The molecule has 0 saturated heterocycles. The van der Waals surface area contributed by atoms with Crippen LogP contribution in [0.4, 0.5) is 4.79 Å². The van der Waals surface area contributed by atoms with Gasteiger partial charge in [0.1, 0.15) is 17.6 Å². The lowest BCUT2D eigenvalue weighted by atomic mass is 10.1. The number of rotatable bonds is 5. The molecule has 1 N–H and O–H groups in total. The highest BCUT2D eigenvalue weighted by Gasteiger charge is 2.51. The molecule has 1 amide bonds. The summed E-state index contributed by atoms with van der Waals surface area (Å²) >= 11 is 0. The van der Waals surface area contributed by atoms with E-state index in [1.807, 2.05) is 0 Å². The molecule has 1 rings (SSSR count). The molecule has 1 fully saturated rings. The molecule has 0 bridgehead atoms. The minimum Gasteiger partial charge on any atom is -0.466 e. The molecule has 0 aromatic carbocycles. The lowest BCUT2D eigenvalue weighted by Gasteiger charge is -2.22. The molecular weight excluding hydrogens is 250 g/mol. The van der Waals surface area contributed by atoms with Gasteiger partial charge in [-0.1, -0.05) is 0 Å². The Kier molecular flexibility index (Phi) is 4.55. The minimum absolute atomic E-state index is 0.235. The molecule has 0 heterocycles. The zero-order chi connectivity index (χ0) is 14.7. The van der Waals surface area contributed by atoms with Crippen LogP contribution < -0.4 is 5.32 Å². The van der Waals surface area contributed by atoms with E-state index >= 15 is 0 Å². The van der Waals surface area contributed by atoms with Crippen LogP contribution in [-0.4, -0.2) is 35.6 Å². The van der Waals surface area contributed by atoms with Gasteiger partial charge in [0.05, 0.1) is 6.61 Å². The summed E-state index contributed by atoms with van der Waals surface area (Å²) in [6.07, 6.45) is 0.112. The van der Waals surface area contributed by atoms with Crippen LogP contribution in [0, 0.1) is 0 Å². The van der Waals surface area contributed by atoms with E-state index in [-0.39, 0.29) is 18.8 Å². The lowest BCUT2D eigenvalue weighted by Crippen LogP contribution is -2.46. The zero-order valence-corrected chi connectivity index (χ0v) is 11.9. The van der Waals surface area contributed by atoms with E-state index in [2.05, 4.69) is 5.32 Å². The second-order valence-corrected chi connectivity index (χ2v) is 5.61. The van der Waals surface area contributed by atoms with E-state index in [1.165, 1.54) is 0 Å². The first kappa shape index (κ1) is 15.5. The van der Waals surface area contributed by atoms with Gasteiger partial charge in [-0.15, -0.1) is 0 Å². The van der Waals surface area contributed by atoms with E-state index in [4.69, 9.17) is 9.47 Å². The Labute approximate surface area is 112 Å². The number of ketones is 1. The van der Waals surface area contributed by atoms with Crippen LogP contribution in [-0.2, 0) is 19.1 Å². The van der Waals surface area contributed by atoms with E-state index in [0.717, 1.165) is 0 Å². The third kappa shape index (κ3) is 4.89. The van der Waals surface area contributed by atoms with Crippen LogP contribution in [0.1, 0.15) is 47.0 Å². The van der Waals surface area contributed by atoms with Crippen LogP contribution in [0.2, 0.25) is 0 Å². The summed E-state index contributed by atoms with van der Waals surface area (Å²) in [6.45, 7) is 7.14. The molecule has 0 radical (unpaired) electrons. The van der Waals surface area contributed by atoms with Gasteiger partial charge in [-0.05, 0) is 40.5 Å². The van der Waals surface area contributed by atoms with Gasteiger partial charge in [0.2, 0.25) is 0 Å². The van der Waals surface area contributed by atoms with Crippen molar-refractivity contribution in [3.8, 4) is 0 Å². The minimum atomic E-state index is -0.935. The van der Waals surface area contributed by atoms with E-state index < -0.39 is 23.2 Å². The zero-order valence-electron chi connectivity index (χ0n) is 11.9. The largest absolute Gasteiger partial charge is 0.466 e. The summed E-state index contributed by atoms with van der Waals surface area (Å²) in [6, 6.07) is 0. The van der Waals surface area contributed by atoms with Crippen LogP contribution in [0.15, 0.2) is 0 Å². The van der Waals surface area contributed by atoms with Crippen molar-refractivity contribution in [3.05, 3.63) is 0 Å². The number of hydrogen-bond acceptors (Lipinski definition) is 5. The van der Waals surface area contributed by atoms with Crippen LogP contribution >= 0.6 is 0 Å². The Hall–Kier alpha value is -1.59. The summed E-state index contributed by atoms with van der Waals surface area (Å²) < 4.78 is 9.82. The molecule has 6 nitrogen and oxygen atoms in total. The van der Waals surface area contributed by atoms with Crippen molar-refractivity contribution in [2.45, 2.75) is 58.1 Å². The monoisotopic (exact) mass is 271 g/mol. The third-order valence-corrected chi connectivity index (χ3v) is 2.63. The molecule has 6 heteroatoms. The number of Topliss-reactive ketones (excluding diaryl/α,β-unsaturated/α-hetero) is 1. The van der Waals surface area contributed by atoms with E-state index in [9.17, 15) is 14.4 Å². The molecule has 1 aliphatic rings. The first-order valence-corrected chi connectivity index (χ1v) is 6.38. The highest BCUT2D eigenvalue weighted by atomic mass is 16.6. The lowest BCUT2D eigenvalue weighted by molar-refractivity contribution is -0.146. The highest BCUT2D eigenvalue weighted by Crippen LogP contribution is 2.37. The molecule has 0 atom stereocenters. The fraction of sp³-hybridized carbons (Fsp3) is 0.769. The first-order valence-electron chi connectivity index (χ1n) is 6.38. The quantitative estimate of drug-likeness (QED) is 0.606. The van der Waals surface area contributed by atoms with Gasteiger partial charge in [-0.25, -0.2) is 4.79 Å². The van der Waals surface area contributed by atoms with Gasteiger partial charge in [-0.3, -0.25) is 9.59 Å². The molecule has 0 unspecified atom stereocenters. The van der Waals surface area contributed by atoms with Crippen molar-refractivity contribution < 1.29 is 23.9 Å². The number of ether oxygens (including phenoxy) is 2. The number of esters is 1. The average molecular weight is 271 g/mol. The standard InChI is InChI=1S/C13H21NO5/c1-5-18-10(16)8-9(15)13(6-7-13)14-11(17)19-12(2,3)4/h5-8H2,1-4H3,(H,14,17). The normalized spacial score (nSPS) is 16.4. The van der Waals surface area contributed by atoms with Crippen molar-refractivity contribution in [2.75, 3.05) is 6.61 Å². The van der Waals surface area contributed by atoms with Gasteiger partial charge in [0.15, 0.2) is 5.78 Å². The maximum Gasteiger partial charge on any atom is 0.408 e. The average Bonchev–Trinajstić information content (AvgIpc) is 2.95. The number of amides is 1. The highest BCUT2D eigenvalue weighted by molar-refractivity contribution is 6.04. The smallest absolute Gasteiger partial charge is 0.408 e. The molecule has 0 aliphatic heterocycles. The molecule has 1 saturated carbocycles. The maximum atomic E-state index is 11.9. The second-order valence-electron chi connectivity index (χ2n) is 5.61. The molecule has 1 aliphatic carbocycles. The molecule has 108 valence electrons. The van der Waals surface area contributed by atoms with Crippen molar-refractivity contribution >= 4 is 17.8 Å². The van der Waals surface area contributed by atoms with E-state index in [0.29, 0.717) is 12.8 Å². The van der Waals surface area contributed by atoms with Gasteiger partial charge >= 0.3 is 12.1 Å². The topological polar surface area (TPSA) is 81.7 Å².